The lowest BCUT2D eigenvalue weighted by Gasteiger charge is -2.38. The molecule has 0 unspecified atom stereocenters. The molecule has 1 atom stereocenters. The van der Waals surface area contributed by atoms with Crippen molar-refractivity contribution in [2.75, 3.05) is 58.7 Å². The fourth-order valence-electron chi connectivity index (χ4n) is 4.86. The predicted octanol–water partition coefficient (Wildman–Crippen LogP) is 1.94. The van der Waals surface area contributed by atoms with Gasteiger partial charge in [-0.3, -0.25) is 4.79 Å². The Balaban J connectivity index is 1.36. The number of nitrogens with one attached hydrogen (secondary N) is 1. The average Bonchev–Trinajstić information content (AvgIpc) is 2.82. The van der Waals surface area contributed by atoms with Crippen LogP contribution in [0.25, 0.3) is 0 Å². The molecular formula is C24H40ClN5O3. The zero-order valence-electron chi connectivity index (χ0n) is 19.8. The van der Waals surface area contributed by atoms with E-state index in [4.69, 9.17) is 32.9 Å². The van der Waals surface area contributed by atoms with Crippen molar-refractivity contribution in [3.63, 3.8) is 0 Å². The number of piperidine rings is 2. The molecular weight excluding hydrogens is 442 g/mol. The smallest absolute Gasteiger partial charge is 0.255 e. The molecule has 2 fully saturated rings. The monoisotopic (exact) mass is 481 g/mol. The van der Waals surface area contributed by atoms with Gasteiger partial charge in [0.1, 0.15) is 5.75 Å². The summed E-state index contributed by atoms with van der Waals surface area (Å²) < 4.78 is 5.31. The SMILES string of the molecule is COc1cc(N)c(Cl)cc1C(=O)NC1CCN(CC2CCN(CCC[C@H](N)CO)CC2)CC1. The second kappa shape index (κ2) is 12.8. The van der Waals surface area contributed by atoms with E-state index in [2.05, 4.69) is 15.1 Å². The second-order valence-corrected chi connectivity index (χ2v) is 9.90. The average molecular weight is 482 g/mol. The van der Waals surface area contributed by atoms with Crippen LogP contribution in [-0.2, 0) is 0 Å². The van der Waals surface area contributed by atoms with Crippen molar-refractivity contribution in [2.24, 2.45) is 11.7 Å². The van der Waals surface area contributed by atoms with Crippen molar-refractivity contribution in [3.05, 3.63) is 22.7 Å². The highest BCUT2D eigenvalue weighted by Crippen LogP contribution is 2.29. The van der Waals surface area contributed by atoms with Crippen LogP contribution < -0.4 is 21.5 Å². The Morgan fingerprint density at radius 2 is 1.88 bits per heavy atom. The number of carbonyl (C=O) groups is 1. The van der Waals surface area contributed by atoms with Gasteiger partial charge in [0.25, 0.3) is 5.91 Å². The van der Waals surface area contributed by atoms with Gasteiger partial charge in [-0.15, -0.1) is 0 Å². The second-order valence-electron chi connectivity index (χ2n) is 9.49. The van der Waals surface area contributed by atoms with Crippen molar-refractivity contribution in [3.8, 4) is 5.75 Å². The Labute approximate surface area is 202 Å². The molecule has 1 amide bonds. The molecule has 9 heteroatoms. The van der Waals surface area contributed by atoms with E-state index in [1.807, 2.05) is 0 Å². The highest BCUT2D eigenvalue weighted by Gasteiger charge is 2.26. The Morgan fingerprint density at radius 1 is 1.21 bits per heavy atom. The number of hydrogen-bond acceptors (Lipinski definition) is 7. The lowest BCUT2D eigenvalue weighted by atomic mass is 9.94. The first-order valence-electron chi connectivity index (χ1n) is 12.1. The quantitative estimate of drug-likeness (QED) is 0.377. The Hall–Kier alpha value is -1.58. The number of halogens is 1. The molecule has 2 aliphatic heterocycles. The first kappa shape index (κ1) is 26.0. The molecule has 2 aliphatic rings. The molecule has 1 aromatic rings. The van der Waals surface area contributed by atoms with Gasteiger partial charge in [-0.1, -0.05) is 11.6 Å². The number of aliphatic hydroxyl groups excluding tert-OH is 1. The molecule has 0 saturated carbocycles. The topological polar surface area (TPSA) is 117 Å². The standard InChI is InChI=1S/C24H40ClN5O3/c1-33-23-14-22(27)21(25)13-20(23)24(32)28-19-6-11-30(12-7-19)15-17-4-9-29(10-5-17)8-2-3-18(26)16-31/h13-14,17-19,31H,2-12,15-16,26-27H2,1H3,(H,28,32)/t18-/m0/s1. The molecule has 2 saturated heterocycles. The minimum absolute atomic E-state index is 0.0758. The number of likely N-dealkylation sites (tertiary alicyclic amines) is 2. The molecule has 0 radical (unpaired) electrons. The van der Waals surface area contributed by atoms with Gasteiger partial charge in [0.15, 0.2) is 0 Å². The van der Waals surface area contributed by atoms with Crippen LogP contribution in [0.3, 0.4) is 0 Å². The number of anilines is 1. The third kappa shape index (κ3) is 7.72. The molecule has 0 spiro atoms. The third-order valence-corrected chi connectivity index (χ3v) is 7.32. The highest BCUT2D eigenvalue weighted by atomic mass is 35.5. The Bertz CT molecular complexity index is 765. The largest absolute Gasteiger partial charge is 0.496 e. The molecule has 2 heterocycles. The minimum Gasteiger partial charge on any atom is -0.496 e. The van der Waals surface area contributed by atoms with E-state index in [-0.39, 0.29) is 24.6 Å². The van der Waals surface area contributed by atoms with Crippen molar-refractivity contribution >= 4 is 23.2 Å². The lowest BCUT2D eigenvalue weighted by Crippen LogP contribution is -2.47. The number of nitrogens with zero attached hydrogens (tertiary/aromatic N) is 2. The van der Waals surface area contributed by atoms with Gasteiger partial charge >= 0.3 is 0 Å². The molecule has 1 aromatic carbocycles. The maximum Gasteiger partial charge on any atom is 0.255 e. The van der Waals surface area contributed by atoms with E-state index in [1.54, 1.807) is 12.1 Å². The third-order valence-electron chi connectivity index (χ3n) is 6.99. The molecule has 0 aliphatic carbocycles. The van der Waals surface area contributed by atoms with Gasteiger partial charge < -0.3 is 36.4 Å². The van der Waals surface area contributed by atoms with Crippen LogP contribution in [0.2, 0.25) is 5.02 Å². The number of hydrogen-bond donors (Lipinski definition) is 4. The normalized spacial score (nSPS) is 20.0. The number of rotatable bonds is 10. The van der Waals surface area contributed by atoms with E-state index >= 15 is 0 Å². The summed E-state index contributed by atoms with van der Waals surface area (Å²) in [5, 5.41) is 12.5. The Morgan fingerprint density at radius 3 is 2.52 bits per heavy atom. The summed E-state index contributed by atoms with van der Waals surface area (Å²) in [4.78, 5) is 17.9. The zero-order valence-corrected chi connectivity index (χ0v) is 20.5. The van der Waals surface area contributed by atoms with Gasteiger partial charge in [0, 0.05) is 37.8 Å². The van der Waals surface area contributed by atoms with Crippen molar-refractivity contribution in [1.29, 1.82) is 0 Å². The number of nitrogens with two attached hydrogens (primary N) is 2. The number of aliphatic hydroxyl groups is 1. The molecule has 33 heavy (non-hydrogen) atoms. The van der Waals surface area contributed by atoms with E-state index in [1.165, 1.54) is 20.0 Å². The van der Waals surface area contributed by atoms with E-state index in [0.717, 1.165) is 70.9 Å². The lowest BCUT2D eigenvalue weighted by molar-refractivity contribution is 0.0887. The first-order chi connectivity index (χ1) is 15.9. The highest BCUT2D eigenvalue weighted by molar-refractivity contribution is 6.33. The van der Waals surface area contributed by atoms with Gasteiger partial charge in [-0.2, -0.15) is 0 Å². The van der Waals surface area contributed by atoms with Crippen molar-refractivity contribution in [2.45, 2.75) is 50.6 Å². The summed E-state index contributed by atoms with van der Waals surface area (Å²) in [5.41, 5.74) is 12.4. The predicted molar refractivity (Wildman–Crippen MR) is 133 cm³/mol. The van der Waals surface area contributed by atoms with E-state index in [9.17, 15) is 4.79 Å². The summed E-state index contributed by atoms with van der Waals surface area (Å²) in [5.74, 6) is 1.02. The number of benzene rings is 1. The van der Waals surface area contributed by atoms with Gasteiger partial charge in [-0.25, -0.2) is 0 Å². The molecule has 3 rings (SSSR count). The minimum atomic E-state index is -0.167. The summed E-state index contributed by atoms with van der Waals surface area (Å²) in [6, 6.07) is 3.24. The van der Waals surface area contributed by atoms with Gasteiger partial charge in [0.05, 0.1) is 30.0 Å². The number of carbonyl (C=O) groups excluding carboxylic acids is 1. The van der Waals surface area contributed by atoms with Crippen LogP contribution in [0.15, 0.2) is 12.1 Å². The van der Waals surface area contributed by atoms with Crippen molar-refractivity contribution < 1.29 is 14.6 Å². The number of nitrogen functional groups attached to an aromatic ring is 1. The fourth-order valence-corrected chi connectivity index (χ4v) is 5.03. The summed E-state index contributed by atoms with van der Waals surface area (Å²) >= 11 is 6.11. The van der Waals surface area contributed by atoms with Crippen molar-refractivity contribution in [1.82, 2.24) is 15.1 Å². The summed E-state index contributed by atoms with van der Waals surface area (Å²) in [7, 11) is 1.52. The molecule has 186 valence electrons. The van der Waals surface area contributed by atoms with Crippen LogP contribution in [0.4, 0.5) is 5.69 Å². The van der Waals surface area contributed by atoms with E-state index in [0.29, 0.717) is 22.0 Å². The van der Waals surface area contributed by atoms with Crippen LogP contribution in [0.5, 0.6) is 5.75 Å². The van der Waals surface area contributed by atoms with Gasteiger partial charge in [0.2, 0.25) is 0 Å². The molecule has 6 N–H and O–H groups in total. The van der Waals surface area contributed by atoms with Crippen LogP contribution in [-0.4, -0.2) is 85.9 Å². The van der Waals surface area contributed by atoms with Crippen LogP contribution >= 0.6 is 11.6 Å². The fraction of sp³-hybridized carbons (Fsp3) is 0.708. The van der Waals surface area contributed by atoms with Gasteiger partial charge in [-0.05, 0) is 70.1 Å². The van der Waals surface area contributed by atoms with Crippen LogP contribution in [0, 0.1) is 5.92 Å². The number of ether oxygens (including phenoxy) is 1. The maximum atomic E-state index is 12.8. The molecule has 8 nitrogen and oxygen atoms in total. The summed E-state index contributed by atoms with van der Waals surface area (Å²) in [6.45, 7) is 6.61. The molecule has 0 aromatic heterocycles. The number of methoxy groups -OCH3 is 1. The number of amides is 1. The maximum absolute atomic E-state index is 12.8. The summed E-state index contributed by atoms with van der Waals surface area (Å²) in [6.07, 6.45) is 6.31. The van der Waals surface area contributed by atoms with E-state index < -0.39 is 0 Å². The molecule has 0 bridgehead atoms. The first-order valence-corrected chi connectivity index (χ1v) is 12.5. The zero-order chi connectivity index (χ0) is 23.8. The van der Waals surface area contributed by atoms with Crippen LogP contribution in [0.1, 0.15) is 48.9 Å². The Kier molecular flexibility index (Phi) is 10.1.